The van der Waals surface area contributed by atoms with Crippen molar-refractivity contribution in [3.05, 3.63) is 109 Å². The highest BCUT2D eigenvalue weighted by Gasteiger charge is 2.25. The van der Waals surface area contributed by atoms with Crippen LogP contribution in [0, 0.1) is 5.82 Å². The highest BCUT2D eigenvalue weighted by atomic mass is 32.2. The summed E-state index contributed by atoms with van der Waals surface area (Å²) in [5.41, 5.74) is 2.82. The highest BCUT2D eigenvalue weighted by molar-refractivity contribution is 7.92. The molecule has 0 atom stereocenters. The largest absolute Gasteiger partial charge is 0.396 e. The van der Waals surface area contributed by atoms with E-state index >= 15 is 0 Å². The van der Waals surface area contributed by atoms with Gasteiger partial charge >= 0.3 is 6.03 Å². The van der Waals surface area contributed by atoms with Gasteiger partial charge in [-0.1, -0.05) is 42.5 Å². The van der Waals surface area contributed by atoms with Crippen LogP contribution in [0.15, 0.2) is 108 Å². The fourth-order valence-corrected chi connectivity index (χ4v) is 5.28. The molecule has 7 nitrogen and oxygen atoms in total. The maximum absolute atomic E-state index is 13.6. The smallest absolute Gasteiger partial charge is 0.323 e. The number of carbonyl (C=O) groups excluding carboxylic acids is 1. The number of rotatable bonds is 9. The second-order valence-electron chi connectivity index (χ2n) is 8.18. The number of urea groups is 1. The minimum Gasteiger partial charge on any atom is -0.396 e. The van der Waals surface area contributed by atoms with Crippen molar-refractivity contribution in [2.75, 3.05) is 28.1 Å². The molecule has 0 fully saturated rings. The van der Waals surface area contributed by atoms with Crippen LogP contribution in [0.2, 0.25) is 0 Å². The van der Waals surface area contributed by atoms with Crippen LogP contribution in [0.3, 0.4) is 0 Å². The van der Waals surface area contributed by atoms with Crippen molar-refractivity contribution in [1.82, 2.24) is 0 Å². The standard InChI is InChI=1S/C28H26FN3O4S/c29-23-12-10-21(11-13-23)22-6-4-9-27(20-22)37(35,36)32(18-5-19-33)26-16-14-25(15-17-26)31-28(34)30-24-7-2-1-3-8-24/h1-4,6-17,20,33H,5,18-19H2,(H2,30,31,34). The summed E-state index contributed by atoms with van der Waals surface area (Å²) in [4.78, 5) is 12.3. The van der Waals surface area contributed by atoms with E-state index in [0.29, 0.717) is 28.2 Å². The van der Waals surface area contributed by atoms with Crippen LogP contribution in [0.4, 0.5) is 26.2 Å². The van der Waals surface area contributed by atoms with Crippen molar-refractivity contribution < 1.29 is 22.7 Å². The molecule has 190 valence electrons. The van der Waals surface area contributed by atoms with E-state index in [4.69, 9.17) is 0 Å². The number of amides is 2. The number of hydrogen-bond acceptors (Lipinski definition) is 4. The number of anilines is 3. The van der Waals surface area contributed by atoms with E-state index in [1.54, 1.807) is 78.9 Å². The first-order valence-corrected chi connectivity index (χ1v) is 13.0. The highest BCUT2D eigenvalue weighted by Crippen LogP contribution is 2.29. The van der Waals surface area contributed by atoms with Crippen LogP contribution in [-0.4, -0.2) is 32.7 Å². The van der Waals surface area contributed by atoms with E-state index in [2.05, 4.69) is 10.6 Å². The third-order valence-electron chi connectivity index (χ3n) is 5.56. The predicted octanol–water partition coefficient (Wildman–Crippen LogP) is 5.71. The zero-order chi connectivity index (χ0) is 26.3. The molecule has 4 aromatic rings. The molecule has 37 heavy (non-hydrogen) atoms. The summed E-state index contributed by atoms with van der Waals surface area (Å²) in [5.74, 6) is -0.377. The molecule has 2 amide bonds. The summed E-state index contributed by atoms with van der Waals surface area (Å²) < 4.78 is 41.8. The lowest BCUT2D eigenvalue weighted by Gasteiger charge is -2.25. The first-order chi connectivity index (χ1) is 17.9. The van der Waals surface area contributed by atoms with Gasteiger partial charge in [0.1, 0.15) is 5.82 Å². The molecule has 4 rings (SSSR count). The number of hydrogen-bond donors (Lipinski definition) is 3. The van der Waals surface area contributed by atoms with Crippen LogP contribution in [-0.2, 0) is 10.0 Å². The minimum absolute atomic E-state index is 0.0564. The van der Waals surface area contributed by atoms with Crippen LogP contribution in [0.1, 0.15) is 6.42 Å². The van der Waals surface area contributed by atoms with E-state index in [9.17, 15) is 22.7 Å². The van der Waals surface area contributed by atoms with Gasteiger partial charge in [0.25, 0.3) is 10.0 Å². The number of sulfonamides is 1. The van der Waals surface area contributed by atoms with E-state index in [1.165, 1.54) is 22.5 Å². The lowest BCUT2D eigenvalue weighted by atomic mass is 10.1. The molecular weight excluding hydrogens is 493 g/mol. The van der Waals surface area contributed by atoms with E-state index in [-0.39, 0.29) is 30.3 Å². The number of aliphatic hydroxyl groups excluding tert-OH is 1. The molecule has 0 aromatic heterocycles. The second-order valence-corrected chi connectivity index (χ2v) is 10.0. The predicted molar refractivity (Wildman–Crippen MR) is 144 cm³/mol. The number of nitrogens with one attached hydrogen (secondary N) is 2. The molecule has 0 saturated carbocycles. The first kappa shape index (κ1) is 25.9. The molecule has 0 aliphatic carbocycles. The normalized spacial score (nSPS) is 11.1. The number of benzene rings is 4. The van der Waals surface area contributed by atoms with Gasteiger partial charge < -0.3 is 15.7 Å². The Balaban J connectivity index is 1.56. The molecule has 0 spiro atoms. The number of nitrogens with zero attached hydrogens (tertiary/aromatic N) is 1. The van der Waals surface area contributed by atoms with Crippen LogP contribution in [0.25, 0.3) is 11.1 Å². The molecule has 3 N–H and O–H groups in total. The van der Waals surface area contributed by atoms with E-state index in [1.807, 2.05) is 6.07 Å². The second kappa shape index (κ2) is 11.7. The number of para-hydroxylation sites is 1. The Labute approximate surface area is 215 Å². The monoisotopic (exact) mass is 519 g/mol. The van der Waals surface area contributed by atoms with E-state index < -0.39 is 16.1 Å². The molecule has 9 heteroatoms. The molecule has 0 bridgehead atoms. The van der Waals surface area contributed by atoms with Crippen molar-refractivity contribution in [2.45, 2.75) is 11.3 Å². The summed E-state index contributed by atoms with van der Waals surface area (Å²) >= 11 is 0. The van der Waals surface area contributed by atoms with Crippen molar-refractivity contribution in [3.63, 3.8) is 0 Å². The van der Waals surface area contributed by atoms with Crippen LogP contribution in [0.5, 0.6) is 0 Å². The number of halogens is 1. The molecular formula is C28H26FN3O4S. The maximum atomic E-state index is 13.6. The van der Waals surface area contributed by atoms with E-state index in [0.717, 1.165) is 0 Å². The average Bonchev–Trinajstić information content (AvgIpc) is 2.91. The summed E-state index contributed by atoms with van der Waals surface area (Å²) in [5, 5.41) is 14.8. The van der Waals surface area contributed by atoms with Gasteiger partial charge in [-0.15, -0.1) is 0 Å². The first-order valence-electron chi connectivity index (χ1n) is 11.6. The lowest BCUT2D eigenvalue weighted by molar-refractivity contribution is 0.262. The Kier molecular flexibility index (Phi) is 8.17. The fraction of sp³-hybridized carbons (Fsp3) is 0.107. The van der Waals surface area contributed by atoms with Gasteiger partial charge in [0.2, 0.25) is 0 Å². The number of aliphatic hydroxyl groups is 1. The molecule has 0 aliphatic rings. The minimum atomic E-state index is -3.99. The molecule has 0 saturated heterocycles. The molecule has 0 heterocycles. The molecule has 4 aromatic carbocycles. The van der Waals surface area contributed by atoms with Gasteiger partial charge in [-0.3, -0.25) is 4.31 Å². The summed E-state index contributed by atoms with van der Waals surface area (Å²) in [6.07, 6.45) is 0.233. The zero-order valence-electron chi connectivity index (χ0n) is 19.8. The molecule has 0 aliphatic heterocycles. The van der Waals surface area contributed by atoms with Gasteiger partial charge in [0.05, 0.1) is 10.6 Å². The average molecular weight is 520 g/mol. The Morgan fingerprint density at radius 1 is 0.784 bits per heavy atom. The van der Waals surface area contributed by atoms with Gasteiger partial charge in [0.15, 0.2) is 0 Å². The lowest BCUT2D eigenvalue weighted by Crippen LogP contribution is -2.32. The van der Waals surface area contributed by atoms with Crippen molar-refractivity contribution in [3.8, 4) is 11.1 Å². The summed E-state index contributed by atoms with van der Waals surface area (Å²) in [6, 6.07) is 27.2. The van der Waals surface area contributed by atoms with Gasteiger partial charge in [0, 0.05) is 24.5 Å². The molecule has 0 unspecified atom stereocenters. The quantitative estimate of drug-likeness (QED) is 0.264. The van der Waals surface area contributed by atoms with Crippen LogP contribution < -0.4 is 14.9 Å². The zero-order valence-corrected chi connectivity index (χ0v) is 20.7. The summed E-state index contributed by atoms with van der Waals surface area (Å²) in [6.45, 7) is -0.123. The number of carbonyl (C=O) groups is 1. The summed E-state index contributed by atoms with van der Waals surface area (Å²) in [7, 11) is -3.99. The Morgan fingerprint density at radius 3 is 2.08 bits per heavy atom. The topological polar surface area (TPSA) is 98.7 Å². The van der Waals surface area contributed by atoms with Gasteiger partial charge in [-0.2, -0.15) is 0 Å². The van der Waals surface area contributed by atoms with Crippen LogP contribution >= 0.6 is 0 Å². The van der Waals surface area contributed by atoms with Crippen molar-refractivity contribution in [2.24, 2.45) is 0 Å². The third-order valence-corrected chi connectivity index (χ3v) is 7.39. The van der Waals surface area contributed by atoms with Crippen molar-refractivity contribution >= 4 is 33.1 Å². The fourth-order valence-electron chi connectivity index (χ4n) is 3.73. The Hall–Kier alpha value is -4.21. The van der Waals surface area contributed by atoms with Gasteiger partial charge in [-0.25, -0.2) is 17.6 Å². The van der Waals surface area contributed by atoms with Crippen molar-refractivity contribution in [1.29, 1.82) is 0 Å². The Morgan fingerprint density at radius 2 is 1.43 bits per heavy atom. The Bertz CT molecular complexity index is 1450. The van der Waals surface area contributed by atoms with Gasteiger partial charge in [-0.05, 0) is 78.2 Å². The maximum Gasteiger partial charge on any atom is 0.323 e. The molecule has 0 radical (unpaired) electrons. The third kappa shape index (κ3) is 6.52. The SMILES string of the molecule is O=C(Nc1ccccc1)Nc1ccc(N(CCCO)S(=O)(=O)c2cccc(-c3ccc(F)cc3)c2)cc1.